The number of piperidine rings is 1. The van der Waals surface area contributed by atoms with Crippen LogP contribution in [0.1, 0.15) is 19.3 Å². The van der Waals surface area contributed by atoms with Gasteiger partial charge in [-0.15, -0.1) is 6.58 Å². The minimum Gasteiger partial charge on any atom is -0.313 e. The molecule has 1 rings (SSSR count). The van der Waals surface area contributed by atoms with Crippen molar-refractivity contribution >= 4 is 0 Å². The molecule has 0 spiro atoms. The molecule has 0 amide bonds. The van der Waals surface area contributed by atoms with Crippen molar-refractivity contribution in [2.75, 3.05) is 33.2 Å². The Hall–Kier alpha value is -0.340. The van der Waals surface area contributed by atoms with Crippen molar-refractivity contribution in [2.24, 2.45) is 5.92 Å². The van der Waals surface area contributed by atoms with Crippen LogP contribution in [0.25, 0.3) is 0 Å². The van der Waals surface area contributed by atoms with E-state index in [9.17, 15) is 0 Å². The predicted octanol–water partition coefficient (Wildman–Crippen LogP) is 1.49. The average molecular weight is 182 g/mol. The lowest BCUT2D eigenvalue weighted by atomic mass is 9.94. The Balaban J connectivity index is 1.99. The number of likely N-dealkylation sites (tertiary alicyclic amines) is 1. The Morgan fingerprint density at radius 3 is 2.77 bits per heavy atom. The van der Waals surface area contributed by atoms with Crippen LogP contribution < -0.4 is 5.32 Å². The van der Waals surface area contributed by atoms with Crippen molar-refractivity contribution in [3.05, 3.63) is 12.7 Å². The maximum atomic E-state index is 3.69. The molecule has 0 aliphatic carbocycles. The van der Waals surface area contributed by atoms with E-state index in [-0.39, 0.29) is 0 Å². The van der Waals surface area contributed by atoms with Gasteiger partial charge in [0.2, 0.25) is 0 Å². The van der Waals surface area contributed by atoms with E-state index < -0.39 is 0 Å². The predicted molar refractivity (Wildman–Crippen MR) is 57.9 cm³/mol. The highest BCUT2D eigenvalue weighted by Crippen LogP contribution is 2.18. The molecule has 76 valence electrons. The van der Waals surface area contributed by atoms with Gasteiger partial charge in [0.05, 0.1) is 0 Å². The molecule has 2 heteroatoms. The topological polar surface area (TPSA) is 15.3 Å². The van der Waals surface area contributed by atoms with Gasteiger partial charge in [0, 0.05) is 6.54 Å². The van der Waals surface area contributed by atoms with E-state index in [1.54, 1.807) is 0 Å². The Bertz CT molecular complexity index is 137. The van der Waals surface area contributed by atoms with Gasteiger partial charge in [-0.1, -0.05) is 6.08 Å². The molecule has 0 bridgehead atoms. The summed E-state index contributed by atoms with van der Waals surface area (Å²) in [6.45, 7) is 8.36. The van der Waals surface area contributed by atoms with E-state index in [0.717, 1.165) is 19.0 Å². The first-order valence-electron chi connectivity index (χ1n) is 5.33. The second-order valence-electron chi connectivity index (χ2n) is 4.03. The summed E-state index contributed by atoms with van der Waals surface area (Å²) in [4.78, 5) is 2.42. The van der Waals surface area contributed by atoms with Crippen LogP contribution in [0.2, 0.25) is 0 Å². The first kappa shape index (κ1) is 10.7. The molecule has 0 saturated carbocycles. The van der Waals surface area contributed by atoms with Crippen LogP contribution in [-0.4, -0.2) is 38.1 Å². The highest BCUT2D eigenvalue weighted by Gasteiger charge is 2.15. The normalized spacial score (nSPS) is 20.4. The van der Waals surface area contributed by atoms with Crippen LogP contribution in [0.5, 0.6) is 0 Å². The van der Waals surface area contributed by atoms with Crippen LogP contribution in [0.15, 0.2) is 12.7 Å². The van der Waals surface area contributed by atoms with Gasteiger partial charge in [-0.05, 0) is 51.9 Å². The van der Waals surface area contributed by atoms with E-state index in [2.05, 4.69) is 23.8 Å². The highest BCUT2D eigenvalue weighted by atomic mass is 15.1. The molecule has 0 aromatic carbocycles. The quantitative estimate of drug-likeness (QED) is 0.512. The van der Waals surface area contributed by atoms with Gasteiger partial charge in [0.25, 0.3) is 0 Å². The average Bonchev–Trinajstić information content (AvgIpc) is 2.15. The number of nitrogens with zero attached hydrogens (tertiary/aromatic N) is 1. The minimum atomic E-state index is 0.951. The number of hydrogen-bond acceptors (Lipinski definition) is 2. The summed E-state index contributed by atoms with van der Waals surface area (Å²) in [5.74, 6) is 0.952. The minimum absolute atomic E-state index is 0.951. The fourth-order valence-corrected chi connectivity index (χ4v) is 1.86. The molecule has 0 atom stereocenters. The summed E-state index contributed by atoms with van der Waals surface area (Å²) >= 11 is 0. The Morgan fingerprint density at radius 2 is 2.15 bits per heavy atom. The van der Waals surface area contributed by atoms with Gasteiger partial charge in [-0.3, -0.25) is 0 Å². The van der Waals surface area contributed by atoms with E-state index >= 15 is 0 Å². The van der Waals surface area contributed by atoms with Gasteiger partial charge < -0.3 is 10.2 Å². The molecule has 13 heavy (non-hydrogen) atoms. The zero-order chi connectivity index (χ0) is 9.52. The smallest absolute Gasteiger partial charge is 0.0132 e. The zero-order valence-corrected chi connectivity index (χ0v) is 8.76. The second-order valence-corrected chi connectivity index (χ2v) is 4.03. The third-order valence-electron chi connectivity index (χ3n) is 2.86. The van der Waals surface area contributed by atoms with Crippen molar-refractivity contribution < 1.29 is 0 Å². The Labute approximate surface area is 82.0 Å². The largest absolute Gasteiger partial charge is 0.313 e. The monoisotopic (exact) mass is 182 g/mol. The summed E-state index contributed by atoms with van der Waals surface area (Å²) in [6.07, 6.45) is 6.02. The summed E-state index contributed by atoms with van der Waals surface area (Å²) in [5.41, 5.74) is 0. The van der Waals surface area contributed by atoms with Crippen molar-refractivity contribution in [1.29, 1.82) is 0 Å². The maximum Gasteiger partial charge on any atom is 0.0132 e. The van der Waals surface area contributed by atoms with Crippen molar-refractivity contribution in [3.63, 3.8) is 0 Å². The van der Waals surface area contributed by atoms with Crippen LogP contribution in [-0.2, 0) is 0 Å². The first-order chi connectivity index (χ1) is 6.33. The lowest BCUT2D eigenvalue weighted by Gasteiger charge is -2.28. The SMILES string of the molecule is C=CCNCCC1CCN(C)CC1. The van der Waals surface area contributed by atoms with Crippen molar-refractivity contribution in [3.8, 4) is 0 Å². The third kappa shape index (κ3) is 4.44. The fourth-order valence-electron chi connectivity index (χ4n) is 1.86. The van der Waals surface area contributed by atoms with Crippen LogP contribution in [0.4, 0.5) is 0 Å². The fraction of sp³-hybridized carbons (Fsp3) is 0.818. The van der Waals surface area contributed by atoms with Crippen molar-refractivity contribution in [1.82, 2.24) is 10.2 Å². The molecule has 2 nitrogen and oxygen atoms in total. The number of rotatable bonds is 5. The molecule has 1 aliphatic rings. The van der Waals surface area contributed by atoms with Gasteiger partial charge in [0.15, 0.2) is 0 Å². The maximum absolute atomic E-state index is 3.69. The van der Waals surface area contributed by atoms with E-state index in [1.807, 2.05) is 6.08 Å². The van der Waals surface area contributed by atoms with Crippen LogP contribution in [0, 0.1) is 5.92 Å². The molecular formula is C11H22N2. The van der Waals surface area contributed by atoms with Crippen LogP contribution >= 0.6 is 0 Å². The summed E-state index contributed by atoms with van der Waals surface area (Å²) < 4.78 is 0. The van der Waals surface area contributed by atoms with Gasteiger partial charge in [-0.25, -0.2) is 0 Å². The molecular weight excluding hydrogens is 160 g/mol. The molecule has 1 saturated heterocycles. The van der Waals surface area contributed by atoms with Gasteiger partial charge in [0.1, 0.15) is 0 Å². The number of hydrogen-bond donors (Lipinski definition) is 1. The summed E-state index contributed by atoms with van der Waals surface area (Å²) in [7, 11) is 2.21. The zero-order valence-electron chi connectivity index (χ0n) is 8.76. The lowest BCUT2D eigenvalue weighted by molar-refractivity contribution is 0.212. The molecule has 0 aromatic heterocycles. The van der Waals surface area contributed by atoms with E-state index in [4.69, 9.17) is 0 Å². The molecule has 0 aromatic rings. The number of nitrogens with one attached hydrogen (secondary N) is 1. The Kier molecular flexibility index (Phi) is 5.09. The summed E-state index contributed by atoms with van der Waals surface area (Å²) in [5, 5.41) is 3.36. The van der Waals surface area contributed by atoms with Crippen LogP contribution in [0.3, 0.4) is 0 Å². The Morgan fingerprint density at radius 1 is 1.46 bits per heavy atom. The first-order valence-corrected chi connectivity index (χ1v) is 5.33. The van der Waals surface area contributed by atoms with Gasteiger partial charge in [-0.2, -0.15) is 0 Å². The molecule has 1 heterocycles. The van der Waals surface area contributed by atoms with Gasteiger partial charge >= 0.3 is 0 Å². The van der Waals surface area contributed by atoms with E-state index in [1.165, 1.54) is 32.4 Å². The lowest BCUT2D eigenvalue weighted by Crippen LogP contribution is -2.31. The summed E-state index contributed by atoms with van der Waals surface area (Å²) in [6, 6.07) is 0. The molecule has 1 fully saturated rings. The standard InChI is InChI=1S/C11H22N2/c1-3-7-12-8-4-11-5-9-13(2)10-6-11/h3,11-12H,1,4-10H2,2H3. The van der Waals surface area contributed by atoms with E-state index in [0.29, 0.717) is 0 Å². The molecule has 1 N–H and O–H groups in total. The molecule has 0 unspecified atom stereocenters. The molecule has 0 radical (unpaired) electrons. The second kappa shape index (κ2) is 6.17. The third-order valence-corrected chi connectivity index (χ3v) is 2.86. The van der Waals surface area contributed by atoms with Crippen molar-refractivity contribution in [2.45, 2.75) is 19.3 Å². The highest BCUT2D eigenvalue weighted by molar-refractivity contribution is 4.73. The molecule has 1 aliphatic heterocycles.